The van der Waals surface area contributed by atoms with Gasteiger partial charge in [0.1, 0.15) is 11.1 Å². The van der Waals surface area contributed by atoms with Gasteiger partial charge < -0.3 is 19.0 Å². The lowest BCUT2D eigenvalue weighted by Crippen LogP contribution is -2.42. The standard InChI is InChI=1S/C19H24N2O4/c1-20(2)9-10-21(13-15-7-5-11-24-15)18(22)16-12-14-6-3-4-8-17(14)25-19(16)23/h3-4,6,8,12,15H,5,7,9-11,13H2,1-2H3/t15-/m0/s1. The van der Waals surface area contributed by atoms with Gasteiger partial charge in [0, 0.05) is 31.6 Å². The van der Waals surface area contributed by atoms with Crippen molar-refractivity contribution in [3.05, 3.63) is 46.3 Å². The summed E-state index contributed by atoms with van der Waals surface area (Å²) in [5.41, 5.74) is -0.0237. The van der Waals surface area contributed by atoms with Crippen molar-refractivity contribution in [2.45, 2.75) is 18.9 Å². The summed E-state index contributed by atoms with van der Waals surface area (Å²) in [6, 6.07) is 8.84. The fourth-order valence-electron chi connectivity index (χ4n) is 3.01. The Morgan fingerprint density at radius 1 is 1.24 bits per heavy atom. The summed E-state index contributed by atoms with van der Waals surface area (Å²) in [5.74, 6) is -0.295. The molecule has 1 fully saturated rings. The highest BCUT2D eigenvalue weighted by atomic mass is 16.5. The largest absolute Gasteiger partial charge is 0.422 e. The zero-order valence-corrected chi connectivity index (χ0v) is 14.7. The van der Waals surface area contributed by atoms with Crippen LogP contribution in [-0.2, 0) is 4.74 Å². The maximum atomic E-state index is 13.0. The van der Waals surface area contributed by atoms with Crippen LogP contribution in [0.25, 0.3) is 11.0 Å². The van der Waals surface area contributed by atoms with Gasteiger partial charge in [-0.15, -0.1) is 0 Å². The number of rotatable bonds is 6. The number of carbonyl (C=O) groups excluding carboxylic acids is 1. The molecule has 1 aromatic heterocycles. The van der Waals surface area contributed by atoms with Crippen LogP contribution in [0.5, 0.6) is 0 Å². The summed E-state index contributed by atoms with van der Waals surface area (Å²) in [6.45, 7) is 2.49. The number of benzene rings is 1. The van der Waals surface area contributed by atoms with Crippen LogP contribution < -0.4 is 5.63 Å². The maximum Gasteiger partial charge on any atom is 0.349 e. The number of ether oxygens (including phenoxy) is 1. The van der Waals surface area contributed by atoms with Crippen LogP contribution in [0, 0.1) is 0 Å². The third-order valence-corrected chi connectivity index (χ3v) is 4.42. The van der Waals surface area contributed by atoms with E-state index in [0.29, 0.717) is 18.7 Å². The summed E-state index contributed by atoms with van der Waals surface area (Å²) in [4.78, 5) is 29.0. The van der Waals surface area contributed by atoms with Crippen molar-refractivity contribution in [1.82, 2.24) is 9.80 Å². The average molecular weight is 344 g/mol. The maximum absolute atomic E-state index is 13.0. The second kappa shape index (κ2) is 7.80. The van der Waals surface area contributed by atoms with Crippen LogP contribution in [0.4, 0.5) is 0 Å². The Labute approximate surface area is 147 Å². The van der Waals surface area contributed by atoms with Gasteiger partial charge >= 0.3 is 5.63 Å². The highest BCUT2D eigenvalue weighted by Gasteiger charge is 2.25. The van der Waals surface area contributed by atoms with Crippen molar-refractivity contribution in [3.63, 3.8) is 0 Å². The molecule has 6 heteroatoms. The third kappa shape index (κ3) is 4.27. The highest BCUT2D eigenvalue weighted by molar-refractivity contribution is 5.96. The normalized spacial score (nSPS) is 17.3. The average Bonchev–Trinajstić information content (AvgIpc) is 3.10. The van der Waals surface area contributed by atoms with Crippen LogP contribution in [0.15, 0.2) is 39.5 Å². The molecule has 0 unspecified atom stereocenters. The van der Waals surface area contributed by atoms with Gasteiger partial charge in [-0.1, -0.05) is 18.2 Å². The molecule has 1 aliphatic rings. The van der Waals surface area contributed by atoms with Crippen molar-refractivity contribution in [1.29, 1.82) is 0 Å². The van der Waals surface area contributed by atoms with E-state index in [9.17, 15) is 9.59 Å². The minimum absolute atomic E-state index is 0.0404. The van der Waals surface area contributed by atoms with Gasteiger partial charge in [-0.3, -0.25) is 4.79 Å². The molecule has 3 rings (SSSR count). The Kier molecular flexibility index (Phi) is 5.50. The zero-order valence-electron chi connectivity index (χ0n) is 14.7. The number of carbonyl (C=O) groups is 1. The van der Waals surface area contributed by atoms with Crippen LogP contribution in [0.1, 0.15) is 23.2 Å². The number of hydrogen-bond acceptors (Lipinski definition) is 5. The number of amides is 1. The molecule has 2 aromatic rings. The number of likely N-dealkylation sites (N-methyl/N-ethyl adjacent to an activating group) is 1. The molecular formula is C19H24N2O4. The topological polar surface area (TPSA) is 63.0 Å². The highest BCUT2D eigenvalue weighted by Crippen LogP contribution is 2.17. The zero-order chi connectivity index (χ0) is 17.8. The summed E-state index contributed by atoms with van der Waals surface area (Å²) in [6.07, 6.45) is 2.00. The smallest absolute Gasteiger partial charge is 0.349 e. The third-order valence-electron chi connectivity index (χ3n) is 4.42. The minimum atomic E-state index is -0.592. The Hall–Kier alpha value is -2.18. The van der Waals surface area contributed by atoms with Crippen LogP contribution >= 0.6 is 0 Å². The molecule has 134 valence electrons. The summed E-state index contributed by atoms with van der Waals surface area (Å²) in [7, 11) is 3.91. The predicted molar refractivity (Wildman–Crippen MR) is 95.9 cm³/mol. The van der Waals surface area contributed by atoms with Crippen molar-refractivity contribution in [2.75, 3.05) is 40.3 Å². The van der Waals surface area contributed by atoms with E-state index in [0.717, 1.165) is 31.4 Å². The molecule has 6 nitrogen and oxygen atoms in total. The molecule has 1 aliphatic heterocycles. The van der Waals surface area contributed by atoms with Gasteiger partial charge in [-0.05, 0) is 39.1 Å². The molecule has 0 saturated carbocycles. The van der Waals surface area contributed by atoms with Crippen molar-refractivity contribution < 1.29 is 13.9 Å². The Balaban J connectivity index is 1.87. The van der Waals surface area contributed by atoms with Gasteiger partial charge in [0.2, 0.25) is 0 Å². The monoisotopic (exact) mass is 344 g/mol. The van der Waals surface area contributed by atoms with E-state index in [1.165, 1.54) is 0 Å². The quantitative estimate of drug-likeness (QED) is 0.750. The van der Waals surface area contributed by atoms with E-state index in [1.807, 2.05) is 31.1 Å². The second-order valence-electron chi connectivity index (χ2n) is 6.67. The Morgan fingerprint density at radius 2 is 2.04 bits per heavy atom. The lowest BCUT2D eigenvalue weighted by molar-refractivity contribution is 0.0509. The number of para-hydroxylation sites is 1. The minimum Gasteiger partial charge on any atom is -0.422 e. The summed E-state index contributed by atoms with van der Waals surface area (Å²) in [5, 5.41) is 0.745. The van der Waals surface area contributed by atoms with Gasteiger partial charge in [0.15, 0.2) is 0 Å². The molecule has 0 radical (unpaired) electrons. The van der Waals surface area contributed by atoms with Gasteiger partial charge in [-0.2, -0.15) is 0 Å². The summed E-state index contributed by atoms with van der Waals surface area (Å²) < 4.78 is 11.0. The first-order valence-electron chi connectivity index (χ1n) is 8.63. The molecule has 0 N–H and O–H groups in total. The fraction of sp³-hybridized carbons (Fsp3) is 0.474. The van der Waals surface area contributed by atoms with Crippen molar-refractivity contribution in [3.8, 4) is 0 Å². The SMILES string of the molecule is CN(C)CCN(C[C@@H]1CCCO1)C(=O)c1cc2ccccc2oc1=O. The van der Waals surface area contributed by atoms with E-state index in [2.05, 4.69) is 0 Å². The van der Waals surface area contributed by atoms with E-state index in [4.69, 9.17) is 9.15 Å². The molecule has 0 bridgehead atoms. The lowest BCUT2D eigenvalue weighted by Gasteiger charge is -2.26. The molecule has 1 atom stereocenters. The van der Waals surface area contributed by atoms with Gasteiger partial charge in [0.05, 0.1) is 6.10 Å². The molecule has 1 saturated heterocycles. The van der Waals surface area contributed by atoms with Crippen LogP contribution in [0.2, 0.25) is 0 Å². The molecule has 25 heavy (non-hydrogen) atoms. The number of fused-ring (bicyclic) bond motifs is 1. The second-order valence-corrected chi connectivity index (χ2v) is 6.67. The number of nitrogens with zero attached hydrogens (tertiary/aromatic N) is 2. The van der Waals surface area contributed by atoms with Crippen molar-refractivity contribution >= 4 is 16.9 Å². The van der Waals surface area contributed by atoms with Gasteiger partial charge in [-0.25, -0.2) is 4.79 Å². The lowest BCUT2D eigenvalue weighted by atomic mass is 10.1. The van der Waals surface area contributed by atoms with E-state index >= 15 is 0 Å². The predicted octanol–water partition coefficient (Wildman–Crippen LogP) is 1.98. The van der Waals surface area contributed by atoms with E-state index in [1.54, 1.807) is 23.1 Å². The van der Waals surface area contributed by atoms with E-state index < -0.39 is 5.63 Å². The van der Waals surface area contributed by atoms with Gasteiger partial charge in [0.25, 0.3) is 5.91 Å². The first-order valence-corrected chi connectivity index (χ1v) is 8.63. The Bertz CT molecular complexity index is 793. The van der Waals surface area contributed by atoms with Crippen molar-refractivity contribution in [2.24, 2.45) is 0 Å². The van der Waals surface area contributed by atoms with Crippen LogP contribution in [-0.4, -0.2) is 62.1 Å². The van der Waals surface area contributed by atoms with E-state index in [-0.39, 0.29) is 17.6 Å². The molecule has 0 aliphatic carbocycles. The summed E-state index contributed by atoms with van der Waals surface area (Å²) >= 11 is 0. The number of hydrogen-bond donors (Lipinski definition) is 0. The first kappa shape index (κ1) is 17.6. The molecular weight excluding hydrogens is 320 g/mol. The molecule has 0 spiro atoms. The molecule has 2 heterocycles. The molecule has 1 amide bonds. The molecule has 1 aromatic carbocycles. The Morgan fingerprint density at radius 3 is 2.76 bits per heavy atom. The fourth-order valence-corrected chi connectivity index (χ4v) is 3.01. The first-order chi connectivity index (χ1) is 12.0. The van der Waals surface area contributed by atoms with Crippen LogP contribution in [0.3, 0.4) is 0 Å².